The van der Waals surface area contributed by atoms with Crippen LogP contribution in [0.1, 0.15) is 11.1 Å². The van der Waals surface area contributed by atoms with Gasteiger partial charge in [0.25, 0.3) is 0 Å². The van der Waals surface area contributed by atoms with E-state index in [1.807, 2.05) is 0 Å². The molecule has 0 aliphatic heterocycles. The first-order chi connectivity index (χ1) is 9.70. The predicted octanol–water partition coefficient (Wildman–Crippen LogP) is 3.82. The number of aromatic nitrogens is 2. The summed E-state index contributed by atoms with van der Waals surface area (Å²) in [6.07, 6.45) is 2.42. The molecule has 0 atom stereocenters. The second-order valence-corrected chi connectivity index (χ2v) is 6.01. The molecule has 0 bridgehead atoms. The number of fused-ring (bicyclic) bond motifs is 1. The Hall–Kier alpha value is -1.49. The van der Waals surface area contributed by atoms with Crippen LogP contribution >= 0.6 is 22.9 Å². The maximum atomic E-state index is 6.14. The highest BCUT2D eigenvalue weighted by Crippen LogP contribution is 2.39. The van der Waals surface area contributed by atoms with Crippen molar-refractivity contribution in [3.8, 4) is 10.4 Å². The third-order valence-electron chi connectivity index (χ3n) is 3.31. The van der Waals surface area contributed by atoms with Crippen molar-refractivity contribution in [3.63, 3.8) is 0 Å². The van der Waals surface area contributed by atoms with Gasteiger partial charge in [0.05, 0.1) is 10.2 Å². The Labute approximate surface area is 126 Å². The van der Waals surface area contributed by atoms with E-state index in [1.54, 1.807) is 11.3 Å². The maximum Gasteiger partial charge on any atom is 0.150 e. The summed E-state index contributed by atoms with van der Waals surface area (Å²) >= 11 is 7.78. The lowest BCUT2D eigenvalue weighted by Crippen LogP contribution is -2.02. The van der Waals surface area contributed by atoms with E-state index in [1.165, 1.54) is 22.3 Å². The van der Waals surface area contributed by atoms with Gasteiger partial charge in [0, 0.05) is 4.88 Å². The molecule has 5 heteroatoms. The fourth-order valence-corrected chi connectivity index (χ4v) is 3.66. The zero-order valence-electron chi connectivity index (χ0n) is 11.1. The molecule has 2 N–H and O–H groups in total. The van der Waals surface area contributed by atoms with Crippen LogP contribution in [0.2, 0.25) is 5.15 Å². The van der Waals surface area contributed by atoms with Gasteiger partial charge in [0.1, 0.15) is 11.5 Å². The largest absolute Gasteiger partial charge is 0.330 e. The maximum absolute atomic E-state index is 6.14. The molecule has 0 fully saturated rings. The van der Waals surface area contributed by atoms with E-state index in [4.69, 9.17) is 17.3 Å². The van der Waals surface area contributed by atoms with E-state index >= 15 is 0 Å². The summed E-state index contributed by atoms with van der Waals surface area (Å²) in [4.78, 5) is 9.57. The number of aryl methyl sites for hydroxylation is 1. The Balaban J connectivity index is 2.10. The second-order valence-electron chi connectivity index (χ2n) is 4.63. The van der Waals surface area contributed by atoms with Crippen molar-refractivity contribution < 1.29 is 0 Å². The molecule has 0 spiro atoms. The van der Waals surface area contributed by atoms with Gasteiger partial charge in [-0.25, -0.2) is 9.97 Å². The van der Waals surface area contributed by atoms with Crippen LogP contribution in [0.25, 0.3) is 20.7 Å². The molecule has 1 aromatic carbocycles. The van der Waals surface area contributed by atoms with E-state index < -0.39 is 0 Å². The first-order valence-electron chi connectivity index (χ1n) is 6.39. The highest BCUT2D eigenvalue weighted by Gasteiger charge is 2.14. The molecule has 3 nitrogen and oxygen atoms in total. The van der Waals surface area contributed by atoms with E-state index in [0.717, 1.165) is 22.2 Å². The molecule has 3 rings (SSSR count). The van der Waals surface area contributed by atoms with Gasteiger partial charge in [-0.05, 0) is 36.6 Å². The number of benzene rings is 1. The summed E-state index contributed by atoms with van der Waals surface area (Å²) in [6.45, 7) is 2.75. The summed E-state index contributed by atoms with van der Waals surface area (Å²) in [5.74, 6) is 0. The van der Waals surface area contributed by atoms with E-state index in [-0.39, 0.29) is 0 Å². The molecule has 0 saturated carbocycles. The predicted molar refractivity (Wildman–Crippen MR) is 85.4 cm³/mol. The van der Waals surface area contributed by atoms with Crippen LogP contribution in [0, 0.1) is 6.92 Å². The molecular formula is C15H14ClN3S. The van der Waals surface area contributed by atoms with Crippen LogP contribution in [0.15, 0.2) is 30.6 Å². The first-order valence-corrected chi connectivity index (χ1v) is 7.59. The lowest BCUT2D eigenvalue weighted by molar-refractivity contribution is 0.969. The van der Waals surface area contributed by atoms with Crippen molar-refractivity contribution in [2.75, 3.05) is 6.54 Å². The fourth-order valence-electron chi connectivity index (χ4n) is 2.26. The quantitative estimate of drug-likeness (QED) is 0.748. The number of nitrogens with zero attached hydrogens (tertiary/aromatic N) is 2. The summed E-state index contributed by atoms with van der Waals surface area (Å²) in [6, 6.07) is 8.51. The molecule has 3 aromatic rings. The minimum absolute atomic E-state index is 0.522. The highest BCUT2D eigenvalue weighted by atomic mass is 35.5. The molecule has 0 saturated heterocycles. The van der Waals surface area contributed by atoms with Crippen molar-refractivity contribution >= 4 is 33.2 Å². The number of halogens is 1. The van der Waals surface area contributed by atoms with E-state index in [2.05, 4.69) is 41.2 Å². The lowest BCUT2D eigenvalue weighted by atomic mass is 10.1. The highest BCUT2D eigenvalue weighted by molar-refractivity contribution is 7.23. The van der Waals surface area contributed by atoms with E-state index in [0.29, 0.717) is 11.7 Å². The molecule has 2 aromatic heterocycles. The van der Waals surface area contributed by atoms with Crippen LogP contribution < -0.4 is 5.73 Å². The Morgan fingerprint density at radius 3 is 2.60 bits per heavy atom. The van der Waals surface area contributed by atoms with Gasteiger partial charge >= 0.3 is 0 Å². The van der Waals surface area contributed by atoms with Crippen molar-refractivity contribution in [2.45, 2.75) is 13.3 Å². The molecule has 0 radical (unpaired) electrons. The zero-order valence-corrected chi connectivity index (χ0v) is 12.6. The minimum atomic E-state index is 0.522. The van der Waals surface area contributed by atoms with Crippen LogP contribution in [-0.4, -0.2) is 16.5 Å². The second kappa shape index (κ2) is 5.48. The monoisotopic (exact) mass is 303 g/mol. The fraction of sp³-hybridized carbons (Fsp3) is 0.200. The van der Waals surface area contributed by atoms with Crippen molar-refractivity contribution in [2.24, 2.45) is 5.73 Å². The summed E-state index contributed by atoms with van der Waals surface area (Å²) in [5, 5.41) is 0.522. The van der Waals surface area contributed by atoms with E-state index in [9.17, 15) is 0 Å². The standard InChI is InChI=1S/C15H14ClN3S/c1-9-12-14(15(16)19-8-18-12)20-13(9)11-4-2-10(3-5-11)6-7-17/h2-5,8H,6-7,17H2,1H3. The van der Waals surface area contributed by atoms with Gasteiger partial charge in [-0.15, -0.1) is 11.3 Å². The Morgan fingerprint density at radius 2 is 1.95 bits per heavy atom. The SMILES string of the molecule is Cc1c(-c2ccc(CCN)cc2)sc2c(Cl)ncnc12. The average Bonchev–Trinajstić information content (AvgIpc) is 2.79. The van der Waals surface area contributed by atoms with Crippen molar-refractivity contribution in [1.82, 2.24) is 9.97 Å². The van der Waals surface area contributed by atoms with Crippen LogP contribution in [0.5, 0.6) is 0 Å². The van der Waals surface area contributed by atoms with Crippen LogP contribution in [-0.2, 0) is 6.42 Å². The van der Waals surface area contributed by atoms with Gasteiger partial charge in [-0.2, -0.15) is 0 Å². The topological polar surface area (TPSA) is 51.8 Å². The van der Waals surface area contributed by atoms with Gasteiger partial charge in [-0.3, -0.25) is 0 Å². The molecular weight excluding hydrogens is 290 g/mol. The van der Waals surface area contributed by atoms with Gasteiger partial charge < -0.3 is 5.73 Å². The smallest absolute Gasteiger partial charge is 0.150 e. The average molecular weight is 304 g/mol. The lowest BCUT2D eigenvalue weighted by Gasteiger charge is -2.02. The zero-order chi connectivity index (χ0) is 14.1. The first kappa shape index (κ1) is 13.5. The van der Waals surface area contributed by atoms with Gasteiger partial charge in [0.2, 0.25) is 0 Å². The Morgan fingerprint density at radius 1 is 1.20 bits per heavy atom. The molecule has 0 unspecified atom stereocenters. The van der Waals surface area contributed by atoms with Gasteiger partial charge in [-0.1, -0.05) is 35.9 Å². The number of rotatable bonds is 3. The Kier molecular flexibility index (Phi) is 3.70. The van der Waals surface area contributed by atoms with Crippen LogP contribution in [0.3, 0.4) is 0 Å². The Bertz CT molecular complexity index is 750. The normalized spacial score (nSPS) is 11.2. The minimum Gasteiger partial charge on any atom is -0.330 e. The van der Waals surface area contributed by atoms with Crippen molar-refractivity contribution in [1.29, 1.82) is 0 Å². The number of nitrogens with two attached hydrogens (primary N) is 1. The van der Waals surface area contributed by atoms with Crippen molar-refractivity contribution in [3.05, 3.63) is 46.9 Å². The molecule has 2 heterocycles. The summed E-state index contributed by atoms with van der Waals surface area (Å²) in [5.41, 5.74) is 10.1. The van der Waals surface area contributed by atoms with Gasteiger partial charge in [0.15, 0.2) is 0 Å². The number of thiophene rings is 1. The number of hydrogen-bond donors (Lipinski definition) is 1. The third kappa shape index (κ3) is 2.30. The molecule has 102 valence electrons. The third-order valence-corrected chi connectivity index (χ3v) is 5.04. The molecule has 20 heavy (non-hydrogen) atoms. The number of hydrogen-bond acceptors (Lipinski definition) is 4. The summed E-state index contributed by atoms with van der Waals surface area (Å²) < 4.78 is 0.952. The molecule has 0 aliphatic carbocycles. The molecule has 0 amide bonds. The van der Waals surface area contributed by atoms with Crippen LogP contribution in [0.4, 0.5) is 0 Å². The molecule has 0 aliphatic rings. The summed E-state index contributed by atoms with van der Waals surface area (Å²) in [7, 11) is 0.